The minimum Gasteiger partial charge on any atom is -0.480 e. The molecule has 1 saturated heterocycles. The Bertz CT molecular complexity index is 500. The summed E-state index contributed by atoms with van der Waals surface area (Å²) in [6.07, 6.45) is 2.42. The number of benzene rings is 1. The van der Waals surface area contributed by atoms with Crippen LogP contribution in [0, 0.1) is 5.92 Å². The first-order valence-corrected chi connectivity index (χ1v) is 7.64. The van der Waals surface area contributed by atoms with Crippen LogP contribution in [0.1, 0.15) is 44.6 Å². The second kappa shape index (κ2) is 6.74. The number of carbonyl (C=O) groups is 2. The van der Waals surface area contributed by atoms with Gasteiger partial charge in [-0.1, -0.05) is 44.2 Å². The first kappa shape index (κ1) is 15.5. The van der Waals surface area contributed by atoms with Gasteiger partial charge in [0, 0.05) is 6.54 Å². The number of carboxylic acid groups (broad SMARTS) is 1. The van der Waals surface area contributed by atoms with Crippen LogP contribution in [-0.4, -0.2) is 34.5 Å². The zero-order chi connectivity index (χ0) is 15.4. The summed E-state index contributed by atoms with van der Waals surface area (Å²) in [7, 11) is 0. The maximum Gasteiger partial charge on any atom is 0.326 e. The van der Waals surface area contributed by atoms with Crippen LogP contribution in [0.3, 0.4) is 0 Å². The zero-order valence-corrected chi connectivity index (χ0v) is 12.7. The molecule has 1 fully saturated rings. The van der Waals surface area contributed by atoms with Crippen LogP contribution < -0.4 is 0 Å². The molecular formula is C17H23NO3. The Morgan fingerprint density at radius 2 is 2.00 bits per heavy atom. The number of carbonyl (C=O) groups excluding carboxylic acids is 1. The van der Waals surface area contributed by atoms with Crippen molar-refractivity contribution in [3.63, 3.8) is 0 Å². The average Bonchev–Trinajstić information content (AvgIpc) is 2.48. The van der Waals surface area contributed by atoms with Crippen LogP contribution in [-0.2, 0) is 9.59 Å². The molecule has 1 heterocycles. The molecule has 0 spiro atoms. The van der Waals surface area contributed by atoms with Crippen molar-refractivity contribution in [2.45, 2.75) is 45.1 Å². The van der Waals surface area contributed by atoms with Gasteiger partial charge in [-0.25, -0.2) is 4.79 Å². The van der Waals surface area contributed by atoms with Crippen molar-refractivity contribution in [3.8, 4) is 0 Å². The van der Waals surface area contributed by atoms with Gasteiger partial charge in [0.05, 0.1) is 5.92 Å². The Hall–Kier alpha value is -1.84. The maximum absolute atomic E-state index is 12.9. The van der Waals surface area contributed by atoms with Crippen molar-refractivity contribution in [2.75, 3.05) is 6.54 Å². The lowest BCUT2D eigenvalue weighted by molar-refractivity contribution is -0.155. The quantitative estimate of drug-likeness (QED) is 0.927. The SMILES string of the molecule is CCC(C(=O)N1CCCC(C)C1C(=O)O)c1ccccc1. The van der Waals surface area contributed by atoms with Gasteiger partial charge in [-0.3, -0.25) is 4.79 Å². The van der Waals surface area contributed by atoms with Crippen LogP contribution in [0.15, 0.2) is 30.3 Å². The number of likely N-dealkylation sites (tertiary alicyclic amines) is 1. The van der Waals surface area contributed by atoms with E-state index in [1.807, 2.05) is 44.2 Å². The van der Waals surface area contributed by atoms with Crippen LogP contribution in [0.5, 0.6) is 0 Å². The van der Waals surface area contributed by atoms with Gasteiger partial charge in [0.25, 0.3) is 0 Å². The Kier molecular flexibility index (Phi) is 4.99. The number of amides is 1. The topological polar surface area (TPSA) is 57.6 Å². The van der Waals surface area contributed by atoms with Crippen molar-refractivity contribution in [2.24, 2.45) is 5.92 Å². The maximum atomic E-state index is 12.9. The molecule has 4 heteroatoms. The van der Waals surface area contributed by atoms with Gasteiger partial charge in [-0.2, -0.15) is 0 Å². The van der Waals surface area contributed by atoms with E-state index >= 15 is 0 Å². The Balaban J connectivity index is 2.25. The van der Waals surface area contributed by atoms with Gasteiger partial charge >= 0.3 is 5.97 Å². The third-order valence-electron chi connectivity index (χ3n) is 4.38. The first-order chi connectivity index (χ1) is 10.1. The summed E-state index contributed by atoms with van der Waals surface area (Å²) in [5.74, 6) is -1.19. The number of piperidine rings is 1. The van der Waals surface area contributed by atoms with Gasteiger partial charge in [-0.05, 0) is 30.7 Å². The van der Waals surface area contributed by atoms with E-state index < -0.39 is 12.0 Å². The molecule has 3 unspecified atom stereocenters. The van der Waals surface area contributed by atoms with E-state index in [1.54, 1.807) is 4.90 Å². The summed E-state index contributed by atoms with van der Waals surface area (Å²) in [4.78, 5) is 26.0. The molecule has 0 aliphatic carbocycles. The van der Waals surface area contributed by atoms with Gasteiger partial charge in [0.2, 0.25) is 5.91 Å². The Morgan fingerprint density at radius 3 is 2.57 bits per heavy atom. The molecule has 114 valence electrons. The average molecular weight is 289 g/mol. The van der Waals surface area contributed by atoms with Gasteiger partial charge in [0.1, 0.15) is 6.04 Å². The molecule has 3 atom stereocenters. The monoisotopic (exact) mass is 289 g/mol. The van der Waals surface area contributed by atoms with Crippen molar-refractivity contribution in [1.29, 1.82) is 0 Å². The van der Waals surface area contributed by atoms with E-state index in [9.17, 15) is 14.7 Å². The number of nitrogens with zero attached hydrogens (tertiary/aromatic N) is 1. The summed E-state index contributed by atoms with van der Waals surface area (Å²) >= 11 is 0. The van der Waals surface area contributed by atoms with E-state index in [0.29, 0.717) is 13.0 Å². The highest BCUT2D eigenvalue weighted by Gasteiger charge is 2.39. The molecule has 1 N–H and O–H groups in total. The number of hydrogen-bond acceptors (Lipinski definition) is 2. The lowest BCUT2D eigenvalue weighted by Crippen LogP contribution is -2.53. The highest BCUT2D eigenvalue weighted by molar-refractivity contribution is 5.88. The Labute approximate surface area is 125 Å². The van der Waals surface area contributed by atoms with E-state index in [0.717, 1.165) is 18.4 Å². The number of rotatable bonds is 4. The van der Waals surface area contributed by atoms with Crippen molar-refractivity contribution in [1.82, 2.24) is 4.90 Å². The fraction of sp³-hybridized carbons (Fsp3) is 0.529. The zero-order valence-electron chi connectivity index (χ0n) is 12.7. The fourth-order valence-corrected chi connectivity index (χ4v) is 3.25. The number of carboxylic acids is 1. The predicted molar refractivity (Wildman–Crippen MR) is 81.0 cm³/mol. The molecule has 1 aliphatic heterocycles. The van der Waals surface area contributed by atoms with E-state index in [2.05, 4.69) is 0 Å². The molecule has 2 rings (SSSR count). The molecular weight excluding hydrogens is 266 g/mol. The summed E-state index contributed by atoms with van der Waals surface area (Å²) in [6, 6.07) is 8.94. The molecule has 1 aliphatic rings. The summed E-state index contributed by atoms with van der Waals surface area (Å²) in [5, 5.41) is 9.46. The van der Waals surface area contributed by atoms with Crippen LogP contribution in [0.4, 0.5) is 0 Å². The smallest absolute Gasteiger partial charge is 0.326 e. The molecule has 1 aromatic carbocycles. The molecule has 0 saturated carbocycles. The van der Waals surface area contributed by atoms with Gasteiger partial charge in [-0.15, -0.1) is 0 Å². The van der Waals surface area contributed by atoms with Crippen molar-refractivity contribution >= 4 is 11.9 Å². The lowest BCUT2D eigenvalue weighted by atomic mass is 9.87. The second-order valence-corrected chi connectivity index (χ2v) is 5.81. The molecule has 1 amide bonds. The summed E-state index contributed by atoms with van der Waals surface area (Å²) in [6.45, 7) is 4.43. The number of aliphatic carboxylic acids is 1. The minimum absolute atomic E-state index is 0.00785. The first-order valence-electron chi connectivity index (χ1n) is 7.64. The normalized spacial score (nSPS) is 23.6. The highest BCUT2D eigenvalue weighted by atomic mass is 16.4. The number of hydrogen-bond donors (Lipinski definition) is 1. The third kappa shape index (κ3) is 3.26. The van der Waals surface area contributed by atoms with Gasteiger partial charge < -0.3 is 10.0 Å². The molecule has 0 aromatic heterocycles. The second-order valence-electron chi connectivity index (χ2n) is 5.81. The molecule has 21 heavy (non-hydrogen) atoms. The van der Waals surface area contributed by atoms with Crippen LogP contribution in [0.25, 0.3) is 0 Å². The minimum atomic E-state index is -0.890. The molecule has 4 nitrogen and oxygen atoms in total. The summed E-state index contributed by atoms with van der Waals surface area (Å²) < 4.78 is 0. The summed E-state index contributed by atoms with van der Waals surface area (Å²) in [5.41, 5.74) is 0.965. The molecule has 0 radical (unpaired) electrons. The van der Waals surface area contributed by atoms with E-state index in [1.165, 1.54) is 0 Å². The lowest BCUT2D eigenvalue weighted by Gasteiger charge is -2.39. The predicted octanol–water partition coefficient (Wildman–Crippen LogP) is 2.89. The molecule has 0 bridgehead atoms. The van der Waals surface area contributed by atoms with Gasteiger partial charge in [0.15, 0.2) is 0 Å². The standard InChI is InChI=1S/C17H23NO3/c1-3-14(13-9-5-4-6-10-13)16(19)18-11-7-8-12(2)15(18)17(20)21/h4-6,9-10,12,14-15H,3,7-8,11H2,1-2H3,(H,20,21). The van der Waals surface area contributed by atoms with E-state index in [4.69, 9.17) is 0 Å². The fourth-order valence-electron chi connectivity index (χ4n) is 3.25. The van der Waals surface area contributed by atoms with E-state index in [-0.39, 0.29) is 17.7 Å². The molecule has 1 aromatic rings. The van der Waals surface area contributed by atoms with Crippen LogP contribution in [0.2, 0.25) is 0 Å². The van der Waals surface area contributed by atoms with Crippen LogP contribution >= 0.6 is 0 Å². The third-order valence-corrected chi connectivity index (χ3v) is 4.38. The van der Waals surface area contributed by atoms with Crippen molar-refractivity contribution in [3.05, 3.63) is 35.9 Å². The highest BCUT2D eigenvalue weighted by Crippen LogP contribution is 2.29. The largest absolute Gasteiger partial charge is 0.480 e. The van der Waals surface area contributed by atoms with Crippen molar-refractivity contribution < 1.29 is 14.7 Å². The Morgan fingerprint density at radius 1 is 1.33 bits per heavy atom.